The van der Waals surface area contributed by atoms with Crippen molar-refractivity contribution in [2.75, 3.05) is 102 Å². The summed E-state index contributed by atoms with van der Waals surface area (Å²) in [5.74, 6) is -4.45. The van der Waals surface area contributed by atoms with Crippen molar-refractivity contribution in [1.82, 2.24) is 31.9 Å². The van der Waals surface area contributed by atoms with E-state index in [-0.39, 0.29) is 89.7 Å². The molecular weight excluding hydrogens is 1590 g/mol. The van der Waals surface area contributed by atoms with Crippen molar-refractivity contribution in [3.63, 3.8) is 0 Å². The molecule has 0 bridgehead atoms. The number of nitrogens with one attached hydrogen (secondary N) is 6. The van der Waals surface area contributed by atoms with E-state index in [9.17, 15) is 69.0 Å². The first-order valence-electron chi connectivity index (χ1n) is 20.8. The first-order valence-corrected chi connectivity index (χ1v) is 27.2. The van der Waals surface area contributed by atoms with Crippen molar-refractivity contribution in [2.24, 2.45) is 5.41 Å². The first-order chi connectivity index (χ1) is 32.6. The van der Waals surface area contributed by atoms with Gasteiger partial charge in [0.1, 0.15) is 13.1 Å². The molecule has 0 saturated heterocycles. The first kappa shape index (κ1) is 63.5. The lowest BCUT2D eigenvalue weighted by molar-refractivity contribution is -0.124. The molecule has 12 N–H and O–H groups in total. The van der Waals surface area contributed by atoms with Gasteiger partial charge < -0.3 is 72.3 Å². The van der Waals surface area contributed by atoms with Crippen LogP contribution < -0.4 is 41.7 Å². The van der Waals surface area contributed by atoms with Gasteiger partial charge in [-0.3, -0.25) is 38.4 Å². The van der Waals surface area contributed by atoms with Gasteiger partial charge in [-0.1, -0.05) is 0 Å². The van der Waals surface area contributed by atoms with Crippen LogP contribution in [0.15, 0.2) is 0 Å². The van der Waals surface area contributed by atoms with Gasteiger partial charge in [0, 0.05) is 74.5 Å². The van der Waals surface area contributed by atoms with E-state index in [1.54, 1.807) is 0 Å². The summed E-state index contributed by atoms with van der Waals surface area (Å²) < 4.78 is 2.83. The fraction of sp³-hybridized carbons (Fsp3) is 0.512. The number of aliphatic hydroxyl groups excluding tert-OH is 6. The normalized spacial score (nSPS) is 11.1. The molecular formula is C41H54I6N8O14. The Hall–Kier alpha value is -1.66. The summed E-state index contributed by atoms with van der Waals surface area (Å²) in [4.78, 5) is 108. The Labute approximate surface area is 480 Å². The van der Waals surface area contributed by atoms with Crippen molar-refractivity contribution in [3.05, 3.63) is 43.7 Å². The van der Waals surface area contributed by atoms with E-state index in [1.807, 2.05) is 136 Å². The SMILES string of the molecule is CC(=O)N(CC(=O)NCC(CO)(CO)CNC(=O)CN(C(C)=O)c1c(I)c(CC(=O)NCCO)c(I)c(CC(=O)NCCO)c1I)c1c(I)c(CC(=O)NCCO)c(I)c(CC(=O)NCCO)c1I. The summed E-state index contributed by atoms with van der Waals surface area (Å²) in [6.45, 7) is -2.32. The summed E-state index contributed by atoms with van der Waals surface area (Å²) in [6.07, 6.45) is -0.794. The van der Waals surface area contributed by atoms with Gasteiger partial charge in [0.05, 0.1) is 82.1 Å². The molecule has 28 heteroatoms. The number of anilines is 2. The number of halogens is 6. The van der Waals surface area contributed by atoms with E-state index in [2.05, 4.69) is 31.9 Å². The van der Waals surface area contributed by atoms with Gasteiger partial charge in [-0.2, -0.15) is 0 Å². The zero-order valence-electron chi connectivity index (χ0n) is 37.3. The van der Waals surface area contributed by atoms with Crippen molar-refractivity contribution in [3.8, 4) is 0 Å². The van der Waals surface area contributed by atoms with Gasteiger partial charge in [0.25, 0.3) is 0 Å². The standard InChI is InChI=1S/C41H54I6N8O14/c1-21(62)54(39-35(44)23(11-27(64)48-3-7-56)33(42)24(36(39)45)12-28(65)49-4-8-57)15-31(68)52-17-41(19-60,20-61)18-53-32(69)16-55(22(2)63)40-37(46)25(13-29(66)50-5-9-58)34(43)26(38(40)47)14-30(67)51-6-10-59/h56-61H,3-20H2,1-2H3,(H,48,64)(H,49,65)(H,50,66)(H,51,67)(H,52,68)(H,53,69). The molecule has 0 unspecified atom stereocenters. The van der Waals surface area contributed by atoms with Crippen LogP contribution in [0.2, 0.25) is 0 Å². The molecule has 0 saturated carbocycles. The van der Waals surface area contributed by atoms with Gasteiger partial charge in [-0.05, 0) is 158 Å². The Kier molecular flexibility index (Phi) is 29.3. The number of aliphatic hydroxyl groups is 6. The van der Waals surface area contributed by atoms with E-state index in [1.165, 1.54) is 13.8 Å². The monoisotopic (exact) mass is 1640 g/mol. The summed E-state index contributed by atoms with van der Waals surface area (Å²) >= 11 is 11.8. The quantitative estimate of drug-likeness (QED) is 0.0433. The third-order valence-corrected chi connectivity index (χ3v) is 17.2. The summed E-state index contributed by atoms with van der Waals surface area (Å²) in [5, 5.41) is 73.6. The van der Waals surface area contributed by atoms with Crippen LogP contribution in [-0.4, -0.2) is 170 Å². The highest BCUT2D eigenvalue weighted by Crippen LogP contribution is 2.40. The molecule has 0 radical (unpaired) electrons. The van der Waals surface area contributed by atoms with E-state index in [0.717, 1.165) is 9.80 Å². The van der Waals surface area contributed by atoms with Gasteiger partial charge in [-0.15, -0.1) is 0 Å². The molecule has 0 aliphatic carbocycles. The molecule has 0 aliphatic rings. The molecule has 384 valence electrons. The molecule has 69 heavy (non-hydrogen) atoms. The second kappa shape index (κ2) is 31.8. The van der Waals surface area contributed by atoms with Crippen LogP contribution in [0, 0.1) is 26.8 Å². The second-order valence-electron chi connectivity index (χ2n) is 15.1. The van der Waals surface area contributed by atoms with Crippen LogP contribution in [0.25, 0.3) is 0 Å². The Morgan fingerprint density at radius 1 is 0.406 bits per heavy atom. The minimum Gasteiger partial charge on any atom is -0.396 e. The Morgan fingerprint density at radius 2 is 0.652 bits per heavy atom. The fourth-order valence-corrected chi connectivity index (χ4v) is 15.3. The van der Waals surface area contributed by atoms with E-state index in [0.29, 0.717) is 43.7 Å². The number of hydrogen-bond donors (Lipinski definition) is 12. The molecule has 0 atom stereocenters. The fourth-order valence-electron chi connectivity index (χ4n) is 6.29. The summed E-state index contributed by atoms with van der Waals surface area (Å²) in [7, 11) is 0. The van der Waals surface area contributed by atoms with Crippen LogP contribution in [0.3, 0.4) is 0 Å². The van der Waals surface area contributed by atoms with Crippen molar-refractivity contribution < 1.29 is 69.0 Å². The molecule has 2 aromatic rings. The number of benzene rings is 2. The van der Waals surface area contributed by atoms with Crippen LogP contribution >= 0.6 is 136 Å². The van der Waals surface area contributed by atoms with Crippen molar-refractivity contribution in [1.29, 1.82) is 0 Å². The molecule has 0 heterocycles. The summed E-state index contributed by atoms with van der Waals surface area (Å²) in [5.41, 5.74) is 0.707. The van der Waals surface area contributed by atoms with Crippen LogP contribution in [0.5, 0.6) is 0 Å². The smallest absolute Gasteiger partial charge is 0.240 e. The second-order valence-corrected chi connectivity index (χ2v) is 21.5. The zero-order valence-corrected chi connectivity index (χ0v) is 50.3. The maximum Gasteiger partial charge on any atom is 0.240 e. The Morgan fingerprint density at radius 3 is 0.855 bits per heavy atom. The highest BCUT2D eigenvalue weighted by atomic mass is 127. The average Bonchev–Trinajstić information content (AvgIpc) is 3.31. The number of rotatable bonds is 28. The maximum absolute atomic E-state index is 13.7. The van der Waals surface area contributed by atoms with Crippen molar-refractivity contribution in [2.45, 2.75) is 39.5 Å². The largest absolute Gasteiger partial charge is 0.396 e. The average molecular weight is 1640 g/mol. The molecule has 8 amide bonds. The predicted molar refractivity (Wildman–Crippen MR) is 303 cm³/mol. The number of carbonyl (C=O) groups excluding carboxylic acids is 8. The van der Waals surface area contributed by atoms with Gasteiger partial charge in [0.2, 0.25) is 47.3 Å². The van der Waals surface area contributed by atoms with Crippen LogP contribution in [0.1, 0.15) is 36.1 Å². The Balaban J connectivity index is 2.47. The van der Waals surface area contributed by atoms with Crippen LogP contribution in [0.4, 0.5) is 11.4 Å². The number of nitrogens with zero attached hydrogens (tertiary/aromatic N) is 2. The molecule has 2 aromatic carbocycles. The third-order valence-electron chi connectivity index (χ3n) is 9.93. The lowest BCUT2D eigenvalue weighted by Crippen LogP contribution is -2.53. The van der Waals surface area contributed by atoms with Crippen LogP contribution in [-0.2, 0) is 64.0 Å². The summed E-state index contributed by atoms with van der Waals surface area (Å²) in [6, 6.07) is 0. The van der Waals surface area contributed by atoms with E-state index >= 15 is 0 Å². The molecule has 0 aliphatic heterocycles. The predicted octanol–water partition coefficient (Wildman–Crippen LogP) is -1.47. The molecule has 22 nitrogen and oxygen atoms in total. The number of hydrogen-bond acceptors (Lipinski definition) is 14. The maximum atomic E-state index is 13.7. The lowest BCUT2D eigenvalue weighted by atomic mass is 9.89. The molecule has 0 spiro atoms. The van der Waals surface area contributed by atoms with Gasteiger partial charge in [-0.25, -0.2) is 0 Å². The highest BCUT2D eigenvalue weighted by molar-refractivity contribution is 14.1. The number of carbonyl (C=O) groups is 8. The minimum atomic E-state index is -1.57. The van der Waals surface area contributed by atoms with Crippen molar-refractivity contribution >= 4 is 194 Å². The minimum absolute atomic E-state index is 0.0111. The third kappa shape index (κ3) is 19.0. The highest BCUT2D eigenvalue weighted by Gasteiger charge is 2.34. The zero-order chi connectivity index (χ0) is 52.2. The molecule has 0 fully saturated rings. The molecule has 2 rings (SSSR count). The van der Waals surface area contributed by atoms with Gasteiger partial charge >= 0.3 is 0 Å². The molecule has 0 aromatic heterocycles. The van der Waals surface area contributed by atoms with Gasteiger partial charge in [0.15, 0.2) is 0 Å². The topological polar surface area (TPSA) is 337 Å². The van der Waals surface area contributed by atoms with E-state index in [4.69, 9.17) is 0 Å². The Bertz CT molecular complexity index is 1970. The lowest BCUT2D eigenvalue weighted by Gasteiger charge is -2.32. The van der Waals surface area contributed by atoms with E-state index < -0.39 is 92.1 Å². The number of amides is 8.